The number of hydrogen-bond acceptors (Lipinski definition) is 4. The van der Waals surface area contributed by atoms with Crippen molar-refractivity contribution in [3.05, 3.63) is 17.0 Å². The van der Waals surface area contributed by atoms with Gasteiger partial charge in [-0.25, -0.2) is 8.42 Å². The van der Waals surface area contributed by atoms with Crippen LogP contribution >= 0.6 is 11.3 Å². The Bertz CT molecular complexity index is 594. The maximum absolute atomic E-state index is 12.5. The van der Waals surface area contributed by atoms with Gasteiger partial charge < -0.3 is 5.11 Å². The summed E-state index contributed by atoms with van der Waals surface area (Å²) in [5.74, 6) is -0.949. The highest BCUT2D eigenvalue weighted by molar-refractivity contribution is 7.91. The van der Waals surface area contributed by atoms with Gasteiger partial charge in [0.15, 0.2) is 0 Å². The van der Waals surface area contributed by atoms with Crippen molar-refractivity contribution < 1.29 is 18.3 Å². The highest BCUT2D eigenvalue weighted by Gasteiger charge is 2.33. The number of aliphatic carboxylic acids is 1. The molecule has 1 aromatic heterocycles. The molecule has 0 aromatic carbocycles. The van der Waals surface area contributed by atoms with E-state index in [0.717, 1.165) is 24.2 Å². The predicted molar refractivity (Wildman–Crippen MR) is 77.4 cm³/mol. The summed E-state index contributed by atoms with van der Waals surface area (Å²) in [6.07, 6.45) is 1.56. The first-order valence-electron chi connectivity index (χ1n) is 6.51. The third kappa shape index (κ3) is 3.39. The van der Waals surface area contributed by atoms with Crippen LogP contribution in [0.3, 0.4) is 0 Å². The number of rotatable bonds is 4. The number of carbonyl (C=O) groups is 1. The number of nitrogens with zero attached hydrogens (tertiary/aromatic N) is 1. The molecule has 1 saturated heterocycles. The minimum absolute atomic E-state index is 0.132. The van der Waals surface area contributed by atoms with Crippen LogP contribution in [0.2, 0.25) is 0 Å². The first-order valence-corrected chi connectivity index (χ1v) is 8.77. The molecule has 1 aliphatic heterocycles. The van der Waals surface area contributed by atoms with E-state index < -0.39 is 16.0 Å². The molecule has 0 aliphatic carbocycles. The Morgan fingerprint density at radius 1 is 1.35 bits per heavy atom. The second kappa shape index (κ2) is 5.46. The lowest BCUT2D eigenvalue weighted by atomic mass is 9.83. The summed E-state index contributed by atoms with van der Waals surface area (Å²) in [5, 5.41) is 8.73. The van der Waals surface area contributed by atoms with Gasteiger partial charge in [0.1, 0.15) is 4.21 Å². The predicted octanol–water partition coefficient (Wildman–Crippen LogP) is 2.19. The Morgan fingerprint density at radius 3 is 2.50 bits per heavy atom. The summed E-state index contributed by atoms with van der Waals surface area (Å²) in [6, 6.07) is 3.09. The molecule has 1 aliphatic rings. The van der Waals surface area contributed by atoms with Crippen LogP contribution in [-0.4, -0.2) is 36.9 Å². The molecule has 0 radical (unpaired) electrons. The van der Waals surface area contributed by atoms with Gasteiger partial charge in [-0.2, -0.15) is 4.31 Å². The molecule has 7 heteroatoms. The van der Waals surface area contributed by atoms with Crippen LogP contribution in [0.5, 0.6) is 0 Å². The molecule has 1 aromatic rings. The normalized spacial score (nSPS) is 19.9. The van der Waals surface area contributed by atoms with Gasteiger partial charge in [-0.15, -0.1) is 11.3 Å². The van der Waals surface area contributed by atoms with Crippen LogP contribution < -0.4 is 0 Å². The third-order valence-electron chi connectivity index (χ3n) is 3.63. The number of sulfonamides is 1. The van der Waals surface area contributed by atoms with E-state index in [1.54, 1.807) is 6.07 Å². The van der Waals surface area contributed by atoms with Gasteiger partial charge in [-0.3, -0.25) is 4.79 Å². The summed E-state index contributed by atoms with van der Waals surface area (Å²) < 4.78 is 26.7. The molecule has 2 rings (SSSR count). The Balaban J connectivity index is 2.14. The summed E-state index contributed by atoms with van der Waals surface area (Å²) >= 11 is 1.05. The number of hydrogen-bond donors (Lipinski definition) is 1. The first kappa shape index (κ1) is 15.5. The van der Waals surface area contributed by atoms with Crippen molar-refractivity contribution in [3.63, 3.8) is 0 Å². The van der Waals surface area contributed by atoms with E-state index in [4.69, 9.17) is 5.11 Å². The quantitative estimate of drug-likeness (QED) is 0.923. The average Bonchev–Trinajstić information content (AvgIpc) is 2.76. The molecule has 2 heterocycles. The van der Waals surface area contributed by atoms with Crippen LogP contribution in [0.15, 0.2) is 16.3 Å². The molecule has 0 amide bonds. The van der Waals surface area contributed by atoms with Crippen molar-refractivity contribution in [2.45, 2.75) is 37.3 Å². The molecule has 1 fully saturated rings. The molecule has 0 spiro atoms. The Hall–Kier alpha value is -0.920. The largest absolute Gasteiger partial charge is 0.481 e. The molecule has 112 valence electrons. The smallest absolute Gasteiger partial charge is 0.308 e. The van der Waals surface area contributed by atoms with E-state index in [0.29, 0.717) is 18.0 Å². The van der Waals surface area contributed by atoms with Crippen LogP contribution in [0.4, 0.5) is 0 Å². The molecule has 5 nitrogen and oxygen atoms in total. The second-order valence-corrected chi connectivity index (χ2v) is 9.19. The van der Waals surface area contributed by atoms with Gasteiger partial charge in [-0.05, 0) is 30.4 Å². The van der Waals surface area contributed by atoms with Crippen molar-refractivity contribution in [2.75, 3.05) is 13.1 Å². The van der Waals surface area contributed by atoms with Crippen LogP contribution in [0.25, 0.3) is 0 Å². The molecule has 20 heavy (non-hydrogen) atoms. The Labute approximate surface area is 123 Å². The summed E-state index contributed by atoms with van der Waals surface area (Å²) in [4.78, 5) is 11.2. The first-order chi connectivity index (χ1) is 9.21. The van der Waals surface area contributed by atoms with Crippen LogP contribution in [0.1, 0.15) is 31.6 Å². The van der Waals surface area contributed by atoms with Gasteiger partial charge in [0.05, 0.1) is 6.42 Å². The van der Waals surface area contributed by atoms with Crippen molar-refractivity contribution in [1.82, 2.24) is 4.31 Å². The van der Waals surface area contributed by atoms with E-state index in [9.17, 15) is 13.2 Å². The average molecular weight is 317 g/mol. The zero-order valence-electron chi connectivity index (χ0n) is 11.6. The Morgan fingerprint density at radius 2 is 1.95 bits per heavy atom. The van der Waals surface area contributed by atoms with E-state index in [1.165, 1.54) is 10.4 Å². The maximum atomic E-state index is 12.5. The van der Waals surface area contributed by atoms with Crippen LogP contribution in [0, 0.1) is 5.41 Å². The van der Waals surface area contributed by atoms with Gasteiger partial charge >= 0.3 is 5.97 Å². The fourth-order valence-corrected chi connectivity index (χ4v) is 5.14. The molecule has 0 bridgehead atoms. The van der Waals surface area contributed by atoms with E-state index in [-0.39, 0.29) is 16.0 Å². The maximum Gasteiger partial charge on any atom is 0.308 e. The SMILES string of the molecule is CC1(C)CCN(S(=O)(=O)c2ccc(CC(=O)O)s2)CC1. The lowest BCUT2D eigenvalue weighted by Gasteiger charge is -2.35. The summed E-state index contributed by atoms with van der Waals surface area (Å²) in [7, 11) is -3.47. The molecule has 0 atom stereocenters. The third-order valence-corrected chi connectivity index (χ3v) is 7.08. The highest BCUT2D eigenvalue weighted by atomic mass is 32.2. The van der Waals surface area contributed by atoms with Gasteiger partial charge in [-0.1, -0.05) is 13.8 Å². The highest BCUT2D eigenvalue weighted by Crippen LogP contribution is 2.33. The second-order valence-electron chi connectivity index (χ2n) is 5.86. The molecule has 1 N–H and O–H groups in total. The van der Waals surface area contributed by atoms with Crippen LogP contribution in [-0.2, 0) is 21.2 Å². The molecule has 0 saturated carbocycles. The number of piperidine rings is 1. The lowest BCUT2D eigenvalue weighted by molar-refractivity contribution is -0.136. The van der Waals surface area contributed by atoms with E-state index in [1.807, 2.05) is 0 Å². The molecular weight excluding hydrogens is 298 g/mol. The number of thiophene rings is 1. The number of carboxylic acids is 1. The fourth-order valence-electron chi connectivity index (χ4n) is 2.20. The van der Waals surface area contributed by atoms with Crippen molar-refractivity contribution in [1.29, 1.82) is 0 Å². The van der Waals surface area contributed by atoms with Gasteiger partial charge in [0, 0.05) is 18.0 Å². The van der Waals surface area contributed by atoms with Crippen molar-refractivity contribution in [3.8, 4) is 0 Å². The zero-order chi connectivity index (χ0) is 15.0. The monoisotopic (exact) mass is 317 g/mol. The number of carboxylic acid groups (broad SMARTS) is 1. The van der Waals surface area contributed by atoms with E-state index in [2.05, 4.69) is 13.8 Å². The van der Waals surface area contributed by atoms with Gasteiger partial charge in [0.2, 0.25) is 0 Å². The molecular formula is C13H19NO4S2. The van der Waals surface area contributed by atoms with E-state index >= 15 is 0 Å². The van der Waals surface area contributed by atoms with Crippen molar-refractivity contribution in [2.24, 2.45) is 5.41 Å². The van der Waals surface area contributed by atoms with Crippen molar-refractivity contribution >= 4 is 27.3 Å². The topological polar surface area (TPSA) is 74.7 Å². The minimum Gasteiger partial charge on any atom is -0.481 e. The van der Waals surface area contributed by atoms with Gasteiger partial charge in [0.25, 0.3) is 10.0 Å². The summed E-state index contributed by atoms with van der Waals surface area (Å²) in [5.41, 5.74) is 0.190. The molecule has 0 unspecified atom stereocenters. The Kier molecular flexibility index (Phi) is 4.22. The standard InChI is InChI=1S/C13H19NO4S2/c1-13(2)5-7-14(8-6-13)20(17,18)12-4-3-10(19-12)9-11(15)16/h3-4H,5-9H2,1-2H3,(H,15,16). The zero-order valence-corrected chi connectivity index (χ0v) is 13.3. The fraction of sp³-hybridized carbons (Fsp3) is 0.615. The lowest BCUT2D eigenvalue weighted by Crippen LogP contribution is -2.40. The summed E-state index contributed by atoms with van der Waals surface area (Å²) in [6.45, 7) is 5.35. The minimum atomic E-state index is -3.47.